The number of carbonyl (C=O) groups is 1. The number of carbonyl (C=O) groups excluding carboxylic acids is 1. The van der Waals surface area contributed by atoms with Gasteiger partial charge in [0.05, 0.1) is 6.04 Å². The topological polar surface area (TPSA) is 64.3 Å². The molecule has 2 atom stereocenters. The number of nitrogens with two attached hydrogens (primary N) is 1. The molecule has 0 aliphatic rings. The van der Waals surface area contributed by atoms with Crippen molar-refractivity contribution in [2.24, 2.45) is 5.73 Å². The SMILES string of the molecule is Cc1cccc(C)c1OCC(C)NC(=O)C(N)c1ccccc1. The maximum atomic E-state index is 12.2. The minimum atomic E-state index is -0.668. The Bertz CT molecular complexity index is 635. The molecule has 0 saturated carbocycles. The molecule has 0 aliphatic heterocycles. The van der Waals surface area contributed by atoms with Gasteiger partial charge < -0.3 is 15.8 Å². The van der Waals surface area contributed by atoms with Gasteiger partial charge in [-0.15, -0.1) is 0 Å². The average molecular weight is 312 g/mol. The van der Waals surface area contributed by atoms with Crippen molar-refractivity contribution in [3.05, 3.63) is 65.2 Å². The summed E-state index contributed by atoms with van der Waals surface area (Å²) in [6.45, 7) is 6.33. The van der Waals surface area contributed by atoms with E-state index in [0.717, 1.165) is 22.4 Å². The molecule has 122 valence electrons. The third-order valence-corrected chi connectivity index (χ3v) is 3.72. The van der Waals surface area contributed by atoms with E-state index in [9.17, 15) is 4.79 Å². The van der Waals surface area contributed by atoms with E-state index in [1.807, 2.05) is 69.3 Å². The first-order valence-electron chi connectivity index (χ1n) is 7.79. The number of ether oxygens (including phenoxy) is 1. The fraction of sp³-hybridized carbons (Fsp3) is 0.316. The minimum absolute atomic E-state index is 0.128. The van der Waals surface area contributed by atoms with Gasteiger partial charge in [-0.05, 0) is 37.5 Å². The quantitative estimate of drug-likeness (QED) is 0.862. The lowest BCUT2D eigenvalue weighted by atomic mass is 10.1. The van der Waals surface area contributed by atoms with Crippen molar-refractivity contribution in [2.45, 2.75) is 32.9 Å². The summed E-state index contributed by atoms with van der Waals surface area (Å²) < 4.78 is 5.86. The first-order chi connectivity index (χ1) is 11.0. The maximum absolute atomic E-state index is 12.2. The second kappa shape index (κ2) is 7.79. The first kappa shape index (κ1) is 17.0. The van der Waals surface area contributed by atoms with Gasteiger partial charge in [0.2, 0.25) is 5.91 Å². The molecular weight excluding hydrogens is 288 g/mol. The van der Waals surface area contributed by atoms with Gasteiger partial charge in [0.1, 0.15) is 18.4 Å². The van der Waals surface area contributed by atoms with Gasteiger partial charge in [-0.2, -0.15) is 0 Å². The lowest BCUT2D eigenvalue weighted by Crippen LogP contribution is -2.42. The number of amides is 1. The second-order valence-corrected chi connectivity index (χ2v) is 5.83. The van der Waals surface area contributed by atoms with Crippen LogP contribution in [0.3, 0.4) is 0 Å². The van der Waals surface area contributed by atoms with Crippen molar-refractivity contribution in [3.8, 4) is 5.75 Å². The largest absolute Gasteiger partial charge is 0.491 e. The van der Waals surface area contributed by atoms with Crippen molar-refractivity contribution < 1.29 is 9.53 Å². The molecule has 1 amide bonds. The molecule has 0 bridgehead atoms. The summed E-state index contributed by atoms with van der Waals surface area (Å²) in [5, 5.41) is 2.90. The molecule has 2 aromatic carbocycles. The average Bonchev–Trinajstić information content (AvgIpc) is 2.54. The molecule has 4 heteroatoms. The van der Waals surface area contributed by atoms with Crippen molar-refractivity contribution in [2.75, 3.05) is 6.61 Å². The van der Waals surface area contributed by atoms with Crippen LogP contribution in [0.4, 0.5) is 0 Å². The molecule has 4 nitrogen and oxygen atoms in total. The van der Waals surface area contributed by atoms with E-state index in [-0.39, 0.29) is 11.9 Å². The molecule has 0 spiro atoms. The van der Waals surface area contributed by atoms with Crippen LogP contribution in [0.2, 0.25) is 0 Å². The predicted octanol–water partition coefficient (Wildman–Crippen LogP) is 2.89. The molecule has 2 unspecified atom stereocenters. The van der Waals surface area contributed by atoms with Crippen LogP contribution >= 0.6 is 0 Å². The number of para-hydroxylation sites is 1. The lowest BCUT2D eigenvalue weighted by molar-refractivity contribution is -0.123. The minimum Gasteiger partial charge on any atom is -0.491 e. The number of rotatable bonds is 6. The molecule has 0 saturated heterocycles. The Labute approximate surface area is 137 Å². The van der Waals surface area contributed by atoms with Gasteiger partial charge in [-0.1, -0.05) is 48.5 Å². The van der Waals surface area contributed by atoms with Crippen LogP contribution in [-0.2, 0) is 4.79 Å². The summed E-state index contributed by atoms with van der Waals surface area (Å²) in [4.78, 5) is 12.2. The third kappa shape index (κ3) is 4.57. The van der Waals surface area contributed by atoms with E-state index < -0.39 is 6.04 Å². The molecule has 2 rings (SSSR count). The molecule has 0 aliphatic carbocycles. The highest BCUT2D eigenvalue weighted by atomic mass is 16.5. The van der Waals surface area contributed by atoms with Crippen LogP contribution in [0.5, 0.6) is 5.75 Å². The summed E-state index contributed by atoms with van der Waals surface area (Å²) in [5.41, 5.74) is 8.96. The van der Waals surface area contributed by atoms with Crippen molar-refractivity contribution >= 4 is 5.91 Å². The molecule has 0 heterocycles. The standard InChI is InChI=1S/C19H24N2O2/c1-13-8-7-9-14(2)18(13)23-12-15(3)21-19(22)17(20)16-10-5-4-6-11-16/h4-11,15,17H,12,20H2,1-3H3,(H,21,22). The summed E-state index contributed by atoms with van der Waals surface area (Å²) >= 11 is 0. The fourth-order valence-electron chi connectivity index (χ4n) is 2.42. The summed E-state index contributed by atoms with van der Waals surface area (Å²) in [6, 6.07) is 14.6. The number of nitrogens with one attached hydrogen (secondary N) is 1. The normalized spacial score (nSPS) is 13.2. The molecule has 0 radical (unpaired) electrons. The molecular formula is C19H24N2O2. The van der Waals surface area contributed by atoms with E-state index in [0.29, 0.717) is 6.61 Å². The van der Waals surface area contributed by atoms with E-state index in [4.69, 9.17) is 10.5 Å². The van der Waals surface area contributed by atoms with Crippen LogP contribution in [0.25, 0.3) is 0 Å². The van der Waals surface area contributed by atoms with Crippen molar-refractivity contribution in [1.82, 2.24) is 5.32 Å². The van der Waals surface area contributed by atoms with Crippen LogP contribution in [0, 0.1) is 13.8 Å². The molecule has 2 aromatic rings. The van der Waals surface area contributed by atoms with Crippen LogP contribution < -0.4 is 15.8 Å². The van der Waals surface area contributed by atoms with Gasteiger partial charge in [0.25, 0.3) is 0 Å². The Kier molecular flexibility index (Phi) is 5.77. The Balaban J connectivity index is 1.89. The van der Waals surface area contributed by atoms with Gasteiger partial charge in [-0.3, -0.25) is 4.79 Å². The Morgan fingerprint density at radius 3 is 2.30 bits per heavy atom. The number of aryl methyl sites for hydroxylation is 2. The predicted molar refractivity (Wildman–Crippen MR) is 92.4 cm³/mol. The Hall–Kier alpha value is -2.33. The molecule has 23 heavy (non-hydrogen) atoms. The first-order valence-corrected chi connectivity index (χ1v) is 7.79. The van der Waals surface area contributed by atoms with E-state index >= 15 is 0 Å². The zero-order valence-corrected chi connectivity index (χ0v) is 13.9. The lowest BCUT2D eigenvalue weighted by Gasteiger charge is -2.19. The second-order valence-electron chi connectivity index (χ2n) is 5.83. The monoisotopic (exact) mass is 312 g/mol. The van der Waals surface area contributed by atoms with Gasteiger partial charge in [0, 0.05) is 0 Å². The smallest absolute Gasteiger partial charge is 0.241 e. The highest BCUT2D eigenvalue weighted by Gasteiger charge is 2.18. The van der Waals surface area contributed by atoms with Gasteiger partial charge >= 0.3 is 0 Å². The number of hydrogen-bond acceptors (Lipinski definition) is 3. The highest BCUT2D eigenvalue weighted by molar-refractivity contribution is 5.83. The fourth-order valence-corrected chi connectivity index (χ4v) is 2.42. The van der Waals surface area contributed by atoms with Crippen LogP contribution in [0.1, 0.15) is 29.7 Å². The van der Waals surface area contributed by atoms with Gasteiger partial charge in [-0.25, -0.2) is 0 Å². The van der Waals surface area contributed by atoms with Crippen LogP contribution in [0.15, 0.2) is 48.5 Å². The van der Waals surface area contributed by atoms with E-state index in [2.05, 4.69) is 5.32 Å². The van der Waals surface area contributed by atoms with Crippen LogP contribution in [-0.4, -0.2) is 18.6 Å². The summed E-state index contributed by atoms with van der Waals surface area (Å²) in [6.07, 6.45) is 0. The number of benzene rings is 2. The van der Waals surface area contributed by atoms with Crippen molar-refractivity contribution in [3.63, 3.8) is 0 Å². The highest BCUT2D eigenvalue weighted by Crippen LogP contribution is 2.22. The van der Waals surface area contributed by atoms with Gasteiger partial charge in [0.15, 0.2) is 0 Å². The van der Waals surface area contributed by atoms with E-state index in [1.54, 1.807) is 0 Å². The number of hydrogen-bond donors (Lipinski definition) is 2. The maximum Gasteiger partial charge on any atom is 0.241 e. The Morgan fingerprint density at radius 1 is 1.09 bits per heavy atom. The third-order valence-electron chi connectivity index (χ3n) is 3.72. The summed E-state index contributed by atoms with van der Waals surface area (Å²) in [7, 11) is 0. The zero-order chi connectivity index (χ0) is 16.8. The van der Waals surface area contributed by atoms with Crippen molar-refractivity contribution in [1.29, 1.82) is 0 Å². The Morgan fingerprint density at radius 2 is 1.70 bits per heavy atom. The molecule has 3 N–H and O–H groups in total. The molecule has 0 fully saturated rings. The zero-order valence-electron chi connectivity index (χ0n) is 13.9. The summed E-state index contributed by atoms with van der Waals surface area (Å²) in [5.74, 6) is 0.676. The molecule has 0 aromatic heterocycles. The van der Waals surface area contributed by atoms with E-state index in [1.165, 1.54) is 0 Å².